The number of para-hydroxylation sites is 3. The summed E-state index contributed by atoms with van der Waals surface area (Å²) in [6, 6.07) is 30.4. The number of benzene rings is 4. The van der Waals surface area contributed by atoms with Crippen LogP contribution in [0, 0.1) is 0 Å². The van der Waals surface area contributed by atoms with E-state index in [1.807, 2.05) is 56.3 Å². The Bertz CT molecular complexity index is 1590. The summed E-state index contributed by atoms with van der Waals surface area (Å²) in [6.45, 7) is 4.70. The molecule has 0 unspecified atom stereocenters. The van der Waals surface area contributed by atoms with Crippen LogP contribution in [-0.2, 0) is 9.59 Å². The molecule has 4 aromatic rings. The third-order valence-corrected chi connectivity index (χ3v) is 6.96. The van der Waals surface area contributed by atoms with Crippen molar-refractivity contribution in [1.82, 2.24) is 5.32 Å². The molecule has 0 aliphatic carbocycles. The first-order chi connectivity index (χ1) is 21.0. The van der Waals surface area contributed by atoms with Crippen molar-refractivity contribution in [3.05, 3.63) is 120 Å². The van der Waals surface area contributed by atoms with Crippen molar-refractivity contribution in [3.8, 4) is 11.5 Å². The fourth-order valence-electron chi connectivity index (χ4n) is 4.03. The Labute approximate surface area is 255 Å². The standard InChI is InChI=1S/C34H33N3O5S/c1-3-41-30-19-10-8-15-25(30)21-29(37-33(39)24-13-6-5-7-14-24)34(40)35-26-16-12-17-27(22-26)43-23-32(38)36-28-18-9-11-20-31(28)42-4-2/h5-22H,3-4,23H2,1-2H3,(H,35,40)(H,36,38)(H,37,39)/b29-21+. The maximum Gasteiger partial charge on any atom is 0.272 e. The topological polar surface area (TPSA) is 106 Å². The Morgan fingerprint density at radius 1 is 0.744 bits per heavy atom. The zero-order valence-corrected chi connectivity index (χ0v) is 24.8. The molecule has 0 aromatic heterocycles. The number of nitrogens with one attached hydrogen (secondary N) is 3. The maximum atomic E-state index is 13.5. The van der Waals surface area contributed by atoms with E-state index in [1.54, 1.807) is 66.7 Å². The first kappa shape index (κ1) is 30.9. The van der Waals surface area contributed by atoms with Crippen LogP contribution in [-0.4, -0.2) is 36.7 Å². The maximum absolute atomic E-state index is 13.5. The summed E-state index contributed by atoms with van der Waals surface area (Å²) < 4.78 is 11.3. The van der Waals surface area contributed by atoms with Gasteiger partial charge in [-0.15, -0.1) is 11.8 Å². The van der Waals surface area contributed by atoms with Gasteiger partial charge in [-0.05, 0) is 68.5 Å². The minimum atomic E-state index is -0.511. The second-order valence-corrected chi connectivity index (χ2v) is 10.1. The highest BCUT2D eigenvalue weighted by atomic mass is 32.2. The van der Waals surface area contributed by atoms with E-state index in [-0.39, 0.29) is 17.4 Å². The SMILES string of the molecule is CCOc1ccccc1/C=C(/NC(=O)c1ccccc1)C(=O)Nc1cccc(SCC(=O)Nc2ccccc2OCC)c1. The van der Waals surface area contributed by atoms with Gasteiger partial charge in [-0.3, -0.25) is 14.4 Å². The Balaban J connectivity index is 1.48. The average Bonchev–Trinajstić information content (AvgIpc) is 3.02. The minimum absolute atomic E-state index is 0.0476. The van der Waals surface area contributed by atoms with Gasteiger partial charge in [0.2, 0.25) is 5.91 Å². The monoisotopic (exact) mass is 595 g/mol. The molecule has 0 fully saturated rings. The third-order valence-electron chi connectivity index (χ3n) is 5.97. The smallest absolute Gasteiger partial charge is 0.272 e. The summed E-state index contributed by atoms with van der Waals surface area (Å²) in [7, 11) is 0. The molecule has 0 saturated carbocycles. The van der Waals surface area contributed by atoms with Gasteiger partial charge < -0.3 is 25.4 Å². The molecular formula is C34H33N3O5S. The van der Waals surface area contributed by atoms with Crippen molar-refractivity contribution in [3.63, 3.8) is 0 Å². The number of rotatable bonds is 13. The molecule has 0 bridgehead atoms. The first-order valence-electron chi connectivity index (χ1n) is 13.8. The molecule has 0 aliphatic heterocycles. The predicted octanol–water partition coefficient (Wildman–Crippen LogP) is 6.62. The number of thioether (sulfide) groups is 1. The number of ether oxygens (including phenoxy) is 2. The summed E-state index contributed by atoms with van der Waals surface area (Å²) in [6.07, 6.45) is 1.59. The van der Waals surface area contributed by atoms with E-state index in [4.69, 9.17) is 9.47 Å². The Morgan fingerprint density at radius 2 is 1.42 bits per heavy atom. The van der Waals surface area contributed by atoms with E-state index in [0.717, 1.165) is 4.90 Å². The number of hydrogen-bond acceptors (Lipinski definition) is 6. The zero-order chi connectivity index (χ0) is 30.4. The van der Waals surface area contributed by atoms with Crippen LogP contribution in [0.25, 0.3) is 6.08 Å². The third kappa shape index (κ3) is 9.24. The number of carbonyl (C=O) groups excluding carboxylic acids is 3. The number of hydrogen-bond donors (Lipinski definition) is 3. The van der Waals surface area contributed by atoms with Gasteiger partial charge in [0.05, 0.1) is 24.7 Å². The summed E-state index contributed by atoms with van der Waals surface area (Å²) >= 11 is 1.33. The van der Waals surface area contributed by atoms with Crippen LogP contribution in [0.3, 0.4) is 0 Å². The molecule has 0 radical (unpaired) electrons. The summed E-state index contributed by atoms with van der Waals surface area (Å²) in [4.78, 5) is 39.9. The molecule has 4 aromatic carbocycles. The lowest BCUT2D eigenvalue weighted by molar-refractivity contribution is -0.114. The minimum Gasteiger partial charge on any atom is -0.493 e. The first-order valence-corrected chi connectivity index (χ1v) is 14.8. The van der Waals surface area contributed by atoms with E-state index in [2.05, 4.69) is 16.0 Å². The van der Waals surface area contributed by atoms with E-state index in [0.29, 0.717) is 47.2 Å². The summed E-state index contributed by atoms with van der Waals surface area (Å²) in [5.41, 5.74) is 2.23. The van der Waals surface area contributed by atoms with Gasteiger partial charge in [-0.1, -0.05) is 54.6 Å². The molecule has 0 aliphatic rings. The van der Waals surface area contributed by atoms with Crippen molar-refractivity contribution in [2.75, 3.05) is 29.6 Å². The number of anilines is 2. The second-order valence-electron chi connectivity index (χ2n) is 9.10. The largest absolute Gasteiger partial charge is 0.493 e. The quantitative estimate of drug-likeness (QED) is 0.118. The lowest BCUT2D eigenvalue weighted by Crippen LogP contribution is -2.30. The second kappa shape index (κ2) is 15.8. The van der Waals surface area contributed by atoms with Crippen LogP contribution in [0.2, 0.25) is 0 Å². The van der Waals surface area contributed by atoms with Gasteiger partial charge in [-0.25, -0.2) is 0 Å². The van der Waals surface area contributed by atoms with Crippen LogP contribution >= 0.6 is 11.8 Å². The van der Waals surface area contributed by atoms with Gasteiger partial charge in [0, 0.05) is 21.7 Å². The van der Waals surface area contributed by atoms with Crippen molar-refractivity contribution in [1.29, 1.82) is 0 Å². The number of carbonyl (C=O) groups is 3. The van der Waals surface area contributed by atoms with E-state index in [1.165, 1.54) is 11.8 Å². The highest BCUT2D eigenvalue weighted by Crippen LogP contribution is 2.26. The molecule has 3 N–H and O–H groups in total. The molecule has 0 spiro atoms. The Hall–Kier alpha value is -5.02. The van der Waals surface area contributed by atoms with Crippen LogP contribution in [0.4, 0.5) is 11.4 Å². The van der Waals surface area contributed by atoms with E-state index < -0.39 is 11.8 Å². The highest BCUT2D eigenvalue weighted by Gasteiger charge is 2.17. The molecule has 0 saturated heterocycles. The van der Waals surface area contributed by atoms with Gasteiger partial charge in [0.15, 0.2) is 0 Å². The predicted molar refractivity (Wildman–Crippen MR) is 172 cm³/mol. The van der Waals surface area contributed by atoms with Crippen LogP contribution < -0.4 is 25.4 Å². The van der Waals surface area contributed by atoms with Crippen LogP contribution in [0.15, 0.2) is 114 Å². The van der Waals surface area contributed by atoms with E-state index in [9.17, 15) is 14.4 Å². The van der Waals surface area contributed by atoms with Crippen LogP contribution in [0.5, 0.6) is 11.5 Å². The van der Waals surface area contributed by atoms with Crippen molar-refractivity contribution >= 4 is 46.9 Å². The average molecular weight is 596 g/mol. The molecule has 3 amide bonds. The van der Waals surface area contributed by atoms with Crippen molar-refractivity contribution in [2.45, 2.75) is 18.7 Å². The Kier molecular flexibility index (Phi) is 11.4. The molecule has 8 nitrogen and oxygen atoms in total. The molecule has 0 heterocycles. The fourth-order valence-corrected chi connectivity index (χ4v) is 4.79. The lowest BCUT2D eigenvalue weighted by Gasteiger charge is -2.13. The summed E-state index contributed by atoms with van der Waals surface area (Å²) in [5.74, 6) is 0.239. The molecule has 0 atom stereocenters. The van der Waals surface area contributed by atoms with Gasteiger partial charge in [-0.2, -0.15) is 0 Å². The Morgan fingerprint density at radius 3 is 2.19 bits per heavy atom. The molecule has 220 valence electrons. The van der Waals surface area contributed by atoms with Crippen molar-refractivity contribution < 1.29 is 23.9 Å². The number of amides is 3. The van der Waals surface area contributed by atoms with Gasteiger partial charge in [0.25, 0.3) is 11.8 Å². The van der Waals surface area contributed by atoms with Gasteiger partial charge >= 0.3 is 0 Å². The fraction of sp³-hybridized carbons (Fsp3) is 0.147. The highest BCUT2D eigenvalue weighted by molar-refractivity contribution is 8.00. The molecular weight excluding hydrogens is 562 g/mol. The normalized spacial score (nSPS) is 10.9. The van der Waals surface area contributed by atoms with Crippen molar-refractivity contribution in [2.24, 2.45) is 0 Å². The lowest BCUT2D eigenvalue weighted by atomic mass is 10.1. The zero-order valence-electron chi connectivity index (χ0n) is 24.0. The van der Waals surface area contributed by atoms with E-state index >= 15 is 0 Å². The summed E-state index contributed by atoms with van der Waals surface area (Å²) in [5, 5.41) is 8.50. The molecule has 43 heavy (non-hydrogen) atoms. The molecule has 9 heteroatoms. The molecule has 4 rings (SSSR count). The van der Waals surface area contributed by atoms with Crippen LogP contribution in [0.1, 0.15) is 29.8 Å². The van der Waals surface area contributed by atoms with Gasteiger partial charge in [0.1, 0.15) is 17.2 Å².